The number of thioether (sulfide) groups is 1. The number of rotatable bonds is 14. The van der Waals surface area contributed by atoms with Gasteiger partial charge in [-0.05, 0) is 81.3 Å². The van der Waals surface area contributed by atoms with Gasteiger partial charge in [-0.2, -0.15) is 0 Å². The zero-order chi connectivity index (χ0) is 33.7. The quantitative estimate of drug-likeness (QED) is 0.150. The Kier molecular flexibility index (Phi) is 11.9. The fourth-order valence-electron chi connectivity index (χ4n) is 6.15. The molecule has 2 fully saturated rings. The van der Waals surface area contributed by atoms with Crippen LogP contribution in [0.25, 0.3) is 0 Å². The van der Waals surface area contributed by atoms with Crippen LogP contribution in [0.3, 0.4) is 0 Å². The first-order chi connectivity index (χ1) is 22.6. The number of ketones is 2. The molecule has 0 spiro atoms. The van der Waals surface area contributed by atoms with Crippen LogP contribution in [0.5, 0.6) is 0 Å². The molecule has 1 saturated carbocycles. The predicted octanol–water partition coefficient (Wildman–Crippen LogP) is 5.09. The van der Waals surface area contributed by atoms with Crippen molar-refractivity contribution in [1.82, 2.24) is 4.90 Å². The lowest BCUT2D eigenvalue weighted by Crippen LogP contribution is -2.52. The Bertz CT molecular complexity index is 1510. The molecule has 1 saturated heterocycles. The van der Waals surface area contributed by atoms with E-state index in [9.17, 15) is 24.0 Å². The Hall–Kier alpha value is -3.12. The first-order valence-corrected chi connectivity index (χ1v) is 17.9. The highest BCUT2D eigenvalue weighted by atomic mass is 35.5. The molecule has 1 aliphatic carbocycles. The molecule has 252 valence electrons. The van der Waals surface area contributed by atoms with Crippen LogP contribution < -0.4 is 9.80 Å². The van der Waals surface area contributed by atoms with E-state index in [-0.39, 0.29) is 38.0 Å². The number of benzene rings is 2. The van der Waals surface area contributed by atoms with Crippen LogP contribution in [0.15, 0.2) is 36.4 Å². The summed E-state index contributed by atoms with van der Waals surface area (Å²) in [7, 11) is 0. The number of fused-ring (bicyclic) bond motifs is 1. The van der Waals surface area contributed by atoms with E-state index in [1.165, 1.54) is 12.8 Å². The lowest BCUT2D eigenvalue weighted by Gasteiger charge is -2.39. The summed E-state index contributed by atoms with van der Waals surface area (Å²) < 4.78 is 9.53. The van der Waals surface area contributed by atoms with Crippen LogP contribution in [0.2, 0.25) is 10.0 Å². The van der Waals surface area contributed by atoms with Crippen molar-refractivity contribution in [3.05, 3.63) is 57.6 Å². The van der Waals surface area contributed by atoms with Gasteiger partial charge in [-0.3, -0.25) is 19.3 Å². The molecule has 0 bridgehead atoms. The van der Waals surface area contributed by atoms with Gasteiger partial charge in [0.05, 0.1) is 36.5 Å². The molecule has 47 heavy (non-hydrogen) atoms. The van der Waals surface area contributed by atoms with Crippen LogP contribution in [-0.4, -0.2) is 84.3 Å². The van der Waals surface area contributed by atoms with Crippen LogP contribution in [-0.2, 0) is 46.4 Å². The number of para-hydroxylation sites is 2. The minimum Gasteiger partial charge on any atom is -0.460 e. The second-order valence-electron chi connectivity index (χ2n) is 11.8. The van der Waals surface area contributed by atoms with Gasteiger partial charge in [0.2, 0.25) is 5.91 Å². The molecule has 0 unspecified atom stereocenters. The van der Waals surface area contributed by atoms with Crippen molar-refractivity contribution in [2.45, 2.75) is 64.6 Å². The number of carbonyl (C=O) groups is 5. The van der Waals surface area contributed by atoms with Crippen molar-refractivity contribution < 1.29 is 33.4 Å². The van der Waals surface area contributed by atoms with Gasteiger partial charge >= 0.3 is 11.9 Å². The molecule has 1 atom stereocenters. The SMILES string of the molecule is CCOC(=O)C(=O)C(CCCc1cc(Cl)c(CN2CSC[C@H]2C(=O)N2CCN(C3CC3)c3ccccc32)cc1Cl)C(=O)C(=O)OCC. The van der Waals surface area contributed by atoms with E-state index in [4.69, 9.17) is 32.7 Å². The van der Waals surface area contributed by atoms with Crippen LogP contribution >= 0.6 is 35.0 Å². The monoisotopic (exact) mass is 703 g/mol. The van der Waals surface area contributed by atoms with Crippen molar-refractivity contribution in [2.24, 2.45) is 5.92 Å². The molecule has 13 heteroatoms. The molecule has 10 nitrogen and oxygen atoms in total. The Morgan fingerprint density at radius 2 is 1.51 bits per heavy atom. The molecule has 2 aromatic carbocycles. The molecule has 2 aromatic rings. The minimum atomic E-state index is -1.51. The van der Waals surface area contributed by atoms with Gasteiger partial charge in [-0.25, -0.2) is 9.59 Å². The standard InChI is InChI=1S/C34H39Cl2N3O7S/c1-3-45-33(43)30(40)24(31(41)34(44)46-4-2)9-7-8-21-16-26(36)22(17-25(21)35)18-37-20-47-19-29(37)32(42)39-15-14-38(23-12-13-23)27-10-5-6-11-28(27)39/h5-6,10-11,16-17,23-24,29H,3-4,7-9,12-15,18-20H2,1-2H3/t29-/m0/s1. The molecule has 2 heterocycles. The summed E-state index contributed by atoms with van der Waals surface area (Å²) in [4.78, 5) is 69.9. The molecule has 2 aliphatic heterocycles. The van der Waals surface area contributed by atoms with Crippen LogP contribution in [0.1, 0.15) is 50.7 Å². The fourth-order valence-corrected chi connectivity index (χ4v) is 7.86. The van der Waals surface area contributed by atoms with Crippen molar-refractivity contribution in [3.8, 4) is 0 Å². The number of aryl methyl sites for hydroxylation is 1. The number of esters is 2. The summed E-state index contributed by atoms with van der Waals surface area (Å²) in [5.41, 5.74) is 3.57. The second-order valence-corrected chi connectivity index (χ2v) is 13.6. The van der Waals surface area contributed by atoms with Crippen molar-refractivity contribution in [3.63, 3.8) is 0 Å². The van der Waals surface area contributed by atoms with Gasteiger partial charge in [-0.15, -0.1) is 11.8 Å². The molecule has 0 aromatic heterocycles. The highest BCUT2D eigenvalue weighted by Gasteiger charge is 2.40. The lowest BCUT2D eigenvalue weighted by molar-refractivity contribution is -0.161. The maximum atomic E-state index is 14.0. The van der Waals surface area contributed by atoms with Crippen molar-refractivity contribution in [2.75, 3.05) is 47.7 Å². The number of carbonyl (C=O) groups excluding carboxylic acids is 5. The summed E-state index contributed by atoms with van der Waals surface area (Å²) >= 11 is 15.1. The summed E-state index contributed by atoms with van der Waals surface area (Å²) in [6.45, 7) is 4.92. The van der Waals surface area contributed by atoms with Gasteiger partial charge in [0, 0.05) is 47.4 Å². The summed E-state index contributed by atoms with van der Waals surface area (Å²) in [6, 6.07) is 12.0. The molecule has 5 rings (SSSR count). The van der Waals surface area contributed by atoms with Gasteiger partial charge in [0.1, 0.15) is 0 Å². The molecular weight excluding hydrogens is 665 g/mol. The lowest BCUT2D eigenvalue weighted by atomic mass is 9.91. The van der Waals surface area contributed by atoms with E-state index < -0.39 is 29.4 Å². The number of anilines is 2. The van der Waals surface area contributed by atoms with Gasteiger partial charge in [-0.1, -0.05) is 35.3 Å². The van der Waals surface area contributed by atoms with Crippen LogP contribution in [0.4, 0.5) is 11.4 Å². The Morgan fingerprint density at radius 1 is 0.894 bits per heavy atom. The summed E-state index contributed by atoms with van der Waals surface area (Å²) in [5.74, 6) is -4.54. The Morgan fingerprint density at radius 3 is 2.15 bits per heavy atom. The number of amides is 1. The average Bonchev–Trinajstić information content (AvgIpc) is 3.81. The van der Waals surface area contributed by atoms with Gasteiger partial charge in [0.25, 0.3) is 11.6 Å². The van der Waals surface area contributed by atoms with E-state index in [0.717, 1.165) is 23.5 Å². The number of ether oxygens (including phenoxy) is 2. The third-order valence-electron chi connectivity index (χ3n) is 8.67. The summed E-state index contributed by atoms with van der Waals surface area (Å²) in [5, 5.41) is 0.937. The number of hydrogen-bond donors (Lipinski definition) is 0. The largest absolute Gasteiger partial charge is 0.460 e. The Balaban J connectivity index is 1.24. The number of halogens is 2. The second kappa shape index (κ2) is 15.9. The van der Waals surface area contributed by atoms with E-state index in [2.05, 4.69) is 15.9 Å². The maximum Gasteiger partial charge on any atom is 0.375 e. The fraction of sp³-hybridized carbons (Fsp3) is 0.500. The smallest absolute Gasteiger partial charge is 0.375 e. The van der Waals surface area contributed by atoms with Crippen molar-refractivity contribution >= 4 is 75.8 Å². The third-order valence-corrected chi connectivity index (χ3v) is 10.4. The molecule has 1 amide bonds. The first-order valence-electron chi connectivity index (χ1n) is 16.0. The van der Waals surface area contributed by atoms with Gasteiger partial charge in [0.15, 0.2) is 0 Å². The van der Waals surface area contributed by atoms with E-state index in [1.54, 1.807) is 37.7 Å². The van der Waals surface area contributed by atoms with Crippen LogP contribution in [0, 0.1) is 5.92 Å². The van der Waals surface area contributed by atoms with E-state index >= 15 is 0 Å². The van der Waals surface area contributed by atoms with E-state index in [0.29, 0.717) is 52.8 Å². The molecule has 0 radical (unpaired) electrons. The normalized spacial score (nSPS) is 17.9. The maximum absolute atomic E-state index is 14.0. The van der Waals surface area contributed by atoms with Gasteiger partial charge < -0.3 is 19.3 Å². The number of hydrogen-bond acceptors (Lipinski definition) is 10. The highest BCUT2D eigenvalue weighted by molar-refractivity contribution is 7.99. The highest BCUT2D eigenvalue weighted by Crippen LogP contribution is 2.41. The average molecular weight is 705 g/mol. The zero-order valence-corrected chi connectivity index (χ0v) is 28.9. The topological polar surface area (TPSA) is 114 Å². The zero-order valence-electron chi connectivity index (χ0n) is 26.5. The molecule has 3 aliphatic rings. The third kappa shape index (κ3) is 8.13. The molecular formula is C34H39Cl2N3O7S. The minimum absolute atomic E-state index is 0.0400. The number of Topliss-reactive ketones (excluding diaryl/α,β-unsaturated/α-hetero) is 2. The predicted molar refractivity (Wildman–Crippen MR) is 182 cm³/mol. The van der Waals surface area contributed by atoms with Crippen molar-refractivity contribution in [1.29, 1.82) is 0 Å². The first kappa shape index (κ1) is 35.2. The summed E-state index contributed by atoms with van der Waals surface area (Å²) in [6.07, 6.45) is 2.93. The molecule has 0 N–H and O–H groups in total. The number of nitrogens with zero attached hydrogens (tertiary/aromatic N) is 3. The Labute approximate surface area is 289 Å². The van der Waals surface area contributed by atoms with E-state index in [1.807, 2.05) is 23.1 Å².